The molecule has 0 aromatic carbocycles. The minimum atomic E-state index is -3.34. The molecule has 112 valence electrons. The van der Waals surface area contributed by atoms with Crippen molar-refractivity contribution in [1.82, 2.24) is 13.7 Å². The van der Waals surface area contributed by atoms with Crippen LogP contribution in [-0.4, -0.2) is 68.2 Å². The Labute approximate surface area is 117 Å². The SMILES string of the molecule is CC(=O)N([Si](C)(C)C)P12(OCCN1C)OCCN2C. The molecule has 0 bridgehead atoms. The van der Waals surface area contributed by atoms with E-state index < -0.39 is 15.7 Å². The fraction of sp³-hybridized carbons (Fsp3) is 0.909. The monoisotopic (exact) mass is 307 g/mol. The maximum atomic E-state index is 12.4. The summed E-state index contributed by atoms with van der Waals surface area (Å²) in [5, 5.41) is 0. The predicted molar refractivity (Wildman–Crippen MR) is 80.0 cm³/mol. The third kappa shape index (κ3) is 1.83. The summed E-state index contributed by atoms with van der Waals surface area (Å²) < 4.78 is 18.8. The van der Waals surface area contributed by atoms with E-state index in [1.54, 1.807) is 6.92 Å². The molecule has 1 amide bonds. The second kappa shape index (κ2) is 4.48. The molecular formula is C11H26N3O3PSi. The van der Waals surface area contributed by atoms with Crippen molar-refractivity contribution in [2.24, 2.45) is 0 Å². The number of carbonyl (C=O) groups is 1. The molecule has 0 N–H and O–H groups in total. The number of amides is 1. The average Bonchev–Trinajstić information content (AvgIpc) is 2.71. The predicted octanol–water partition coefficient (Wildman–Crippen LogP) is 1.72. The molecule has 0 unspecified atom stereocenters. The van der Waals surface area contributed by atoms with Crippen molar-refractivity contribution in [2.75, 3.05) is 40.4 Å². The van der Waals surface area contributed by atoms with E-state index in [1.165, 1.54) is 0 Å². The van der Waals surface area contributed by atoms with E-state index in [-0.39, 0.29) is 5.91 Å². The molecule has 2 fully saturated rings. The second-order valence-corrected chi connectivity index (χ2v) is 15.4. The van der Waals surface area contributed by atoms with Crippen LogP contribution in [0, 0.1) is 0 Å². The van der Waals surface area contributed by atoms with E-state index >= 15 is 0 Å². The van der Waals surface area contributed by atoms with Crippen LogP contribution < -0.4 is 0 Å². The summed E-state index contributed by atoms with van der Waals surface area (Å²) in [5.74, 6) is 0.0549. The van der Waals surface area contributed by atoms with Gasteiger partial charge in [0.05, 0.1) is 0 Å². The topological polar surface area (TPSA) is 45.3 Å². The van der Waals surface area contributed by atoms with E-state index in [0.717, 1.165) is 13.1 Å². The molecule has 0 saturated carbocycles. The van der Waals surface area contributed by atoms with Gasteiger partial charge in [-0.1, -0.05) is 0 Å². The Morgan fingerprint density at radius 3 is 1.74 bits per heavy atom. The Morgan fingerprint density at radius 2 is 1.53 bits per heavy atom. The fourth-order valence-electron chi connectivity index (χ4n) is 3.35. The molecule has 2 aliphatic rings. The summed E-state index contributed by atoms with van der Waals surface area (Å²) in [4.78, 5) is 12.4. The van der Waals surface area contributed by atoms with Gasteiger partial charge in [-0.05, 0) is 0 Å². The van der Waals surface area contributed by atoms with Gasteiger partial charge in [0.15, 0.2) is 0 Å². The van der Waals surface area contributed by atoms with Crippen molar-refractivity contribution in [1.29, 1.82) is 0 Å². The van der Waals surface area contributed by atoms with Gasteiger partial charge in [0.1, 0.15) is 0 Å². The zero-order valence-corrected chi connectivity index (χ0v) is 14.7. The van der Waals surface area contributed by atoms with E-state index in [9.17, 15) is 4.79 Å². The molecule has 2 heterocycles. The van der Waals surface area contributed by atoms with Crippen molar-refractivity contribution in [3.05, 3.63) is 0 Å². The number of hydrogen-bond donors (Lipinski definition) is 0. The van der Waals surface area contributed by atoms with Crippen LogP contribution in [0.3, 0.4) is 0 Å². The van der Waals surface area contributed by atoms with Crippen LogP contribution in [0.15, 0.2) is 0 Å². The summed E-state index contributed by atoms with van der Waals surface area (Å²) >= 11 is 0. The molecule has 2 rings (SSSR count). The van der Waals surface area contributed by atoms with Gasteiger partial charge in [0.2, 0.25) is 0 Å². The van der Waals surface area contributed by atoms with Crippen LogP contribution in [0.2, 0.25) is 19.6 Å². The van der Waals surface area contributed by atoms with Crippen LogP contribution in [0.25, 0.3) is 0 Å². The van der Waals surface area contributed by atoms with Crippen molar-refractivity contribution < 1.29 is 13.8 Å². The Bertz CT molecular complexity index is 381. The average molecular weight is 307 g/mol. The molecule has 19 heavy (non-hydrogen) atoms. The zero-order valence-electron chi connectivity index (χ0n) is 12.8. The molecule has 2 aliphatic heterocycles. The van der Waals surface area contributed by atoms with E-state index in [1.807, 2.05) is 18.4 Å². The number of nitrogens with zero attached hydrogens (tertiary/aromatic N) is 3. The van der Waals surface area contributed by atoms with Crippen molar-refractivity contribution >= 4 is 21.7 Å². The Hall–Kier alpha value is -0.0431. The first-order chi connectivity index (χ1) is 8.65. The maximum absolute atomic E-state index is 12.4. The molecule has 6 nitrogen and oxygen atoms in total. The molecule has 0 aliphatic carbocycles. The van der Waals surface area contributed by atoms with Gasteiger partial charge in [0, 0.05) is 0 Å². The number of hydrogen-bond acceptors (Lipinski definition) is 5. The van der Waals surface area contributed by atoms with Crippen LogP contribution in [-0.2, 0) is 13.8 Å². The molecule has 0 atom stereocenters. The normalized spacial score (nSPS) is 29.3. The molecule has 2 saturated heterocycles. The Balaban J connectivity index is 2.65. The third-order valence-corrected chi connectivity index (χ3v) is 13.3. The summed E-state index contributed by atoms with van der Waals surface area (Å²) in [5.41, 5.74) is 0. The first-order valence-corrected chi connectivity index (χ1v) is 12.1. The fourth-order valence-corrected chi connectivity index (χ4v) is 14.0. The molecule has 0 aromatic rings. The van der Waals surface area contributed by atoms with Crippen LogP contribution in [0.5, 0.6) is 0 Å². The Morgan fingerprint density at radius 1 is 1.11 bits per heavy atom. The van der Waals surface area contributed by atoms with E-state index in [4.69, 9.17) is 9.05 Å². The quantitative estimate of drug-likeness (QED) is 0.574. The van der Waals surface area contributed by atoms with Gasteiger partial charge in [-0.2, -0.15) is 0 Å². The molecule has 1 spiro atoms. The molecule has 8 heteroatoms. The zero-order chi connectivity index (χ0) is 14.5. The first kappa shape index (κ1) is 15.3. The number of rotatable bonds is 2. The van der Waals surface area contributed by atoms with Crippen LogP contribution >= 0.6 is 7.51 Å². The van der Waals surface area contributed by atoms with Crippen molar-refractivity contribution in [3.63, 3.8) is 0 Å². The Kier molecular flexibility index (Phi) is 3.62. The third-order valence-electron chi connectivity index (χ3n) is 3.91. The summed E-state index contributed by atoms with van der Waals surface area (Å²) in [6.07, 6.45) is 0. The standard InChI is InChI=1S/C11H26N3O3PSi/c1-11(15)14(19(4,5)6)18(12(2)7-9-16-18)13(3)8-10-17-18/h7-10H2,1-6H3. The van der Waals surface area contributed by atoms with Crippen LogP contribution in [0.1, 0.15) is 6.92 Å². The van der Waals surface area contributed by atoms with E-state index in [2.05, 4.69) is 29.0 Å². The molecular weight excluding hydrogens is 281 g/mol. The number of carbonyl (C=O) groups excluding carboxylic acids is 1. The molecule has 0 aromatic heterocycles. The van der Waals surface area contributed by atoms with Gasteiger partial charge >= 0.3 is 116 Å². The minimum absolute atomic E-state index is 0.0549. The van der Waals surface area contributed by atoms with Crippen molar-refractivity contribution in [2.45, 2.75) is 26.6 Å². The number of likely N-dealkylation sites (N-methyl/N-ethyl adjacent to an activating group) is 2. The summed E-state index contributed by atoms with van der Waals surface area (Å²) in [6.45, 7) is 11.0. The van der Waals surface area contributed by atoms with Gasteiger partial charge in [-0.25, -0.2) is 0 Å². The van der Waals surface area contributed by atoms with Gasteiger partial charge in [0.25, 0.3) is 0 Å². The van der Waals surface area contributed by atoms with Crippen LogP contribution in [0.4, 0.5) is 0 Å². The first-order valence-electron chi connectivity index (χ1n) is 6.72. The van der Waals surface area contributed by atoms with Gasteiger partial charge < -0.3 is 0 Å². The van der Waals surface area contributed by atoms with Crippen molar-refractivity contribution in [3.8, 4) is 0 Å². The molecule has 0 radical (unpaired) electrons. The van der Waals surface area contributed by atoms with E-state index in [0.29, 0.717) is 13.2 Å². The van der Waals surface area contributed by atoms with Gasteiger partial charge in [-0.15, -0.1) is 0 Å². The summed E-state index contributed by atoms with van der Waals surface area (Å²) in [7, 11) is -1.24. The van der Waals surface area contributed by atoms with Gasteiger partial charge in [-0.3, -0.25) is 0 Å². The summed E-state index contributed by atoms with van der Waals surface area (Å²) in [6, 6.07) is 0. The second-order valence-electron chi connectivity index (χ2n) is 6.26.